The van der Waals surface area contributed by atoms with Crippen LogP contribution < -0.4 is 9.47 Å². The predicted octanol–water partition coefficient (Wildman–Crippen LogP) is 0.912. The summed E-state index contributed by atoms with van der Waals surface area (Å²) in [5, 5.41) is 8.82. The van der Waals surface area contributed by atoms with Crippen molar-refractivity contribution in [2.24, 2.45) is 0 Å². The summed E-state index contributed by atoms with van der Waals surface area (Å²) < 4.78 is 11.0. The van der Waals surface area contributed by atoms with Gasteiger partial charge in [-0.15, -0.1) is 0 Å². The molecule has 18 heavy (non-hydrogen) atoms. The summed E-state index contributed by atoms with van der Waals surface area (Å²) in [6, 6.07) is 5.15. The molecule has 1 heterocycles. The molecule has 0 spiro atoms. The highest BCUT2D eigenvalue weighted by Crippen LogP contribution is 2.30. The molecular weight excluding hydrogens is 234 g/mol. The lowest BCUT2D eigenvalue weighted by molar-refractivity contribution is 0.0766. The Bertz CT molecular complexity index is 433. The maximum atomic E-state index is 12.0. The van der Waals surface area contributed by atoms with E-state index in [4.69, 9.17) is 14.6 Å². The third kappa shape index (κ3) is 2.73. The Hall–Kier alpha value is -1.75. The van der Waals surface area contributed by atoms with Gasteiger partial charge in [-0.1, -0.05) is 0 Å². The van der Waals surface area contributed by atoms with Crippen molar-refractivity contribution in [3.05, 3.63) is 23.8 Å². The second kappa shape index (κ2) is 5.73. The maximum Gasteiger partial charge on any atom is 0.253 e. The van der Waals surface area contributed by atoms with Gasteiger partial charge in [0.05, 0.1) is 19.8 Å². The summed E-state index contributed by atoms with van der Waals surface area (Å²) >= 11 is 0. The Kier molecular flexibility index (Phi) is 4.04. The van der Waals surface area contributed by atoms with Gasteiger partial charge in [-0.2, -0.15) is 0 Å². The van der Waals surface area contributed by atoms with Gasteiger partial charge in [0.1, 0.15) is 0 Å². The number of carbonyl (C=O) groups excluding carboxylic acids is 1. The zero-order chi connectivity index (χ0) is 13.0. The molecule has 0 bridgehead atoms. The van der Waals surface area contributed by atoms with Crippen LogP contribution in [-0.2, 0) is 0 Å². The van der Waals surface area contributed by atoms with Crippen LogP contribution in [0, 0.1) is 0 Å². The number of rotatable bonds is 3. The van der Waals surface area contributed by atoms with E-state index in [1.54, 1.807) is 25.2 Å². The first-order chi connectivity index (χ1) is 8.72. The molecular formula is C13H17NO4. The third-order valence-electron chi connectivity index (χ3n) is 2.78. The number of ether oxygens (including phenoxy) is 2. The monoisotopic (exact) mass is 251 g/mol. The fourth-order valence-corrected chi connectivity index (χ4v) is 1.77. The molecule has 1 aromatic carbocycles. The summed E-state index contributed by atoms with van der Waals surface area (Å²) in [5.74, 6) is 1.14. The number of benzene rings is 1. The predicted molar refractivity (Wildman–Crippen MR) is 66.1 cm³/mol. The van der Waals surface area contributed by atoms with E-state index in [0.717, 1.165) is 6.42 Å². The first-order valence-corrected chi connectivity index (χ1v) is 5.98. The van der Waals surface area contributed by atoms with E-state index in [1.165, 1.54) is 4.90 Å². The van der Waals surface area contributed by atoms with E-state index in [1.807, 2.05) is 0 Å². The van der Waals surface area contributed by atoms with Gasteiger partial charge >= 0.3 is 0 Å². The first-order valence-electron chi connectivity index (χ1n) is 5.98. The number of fused-ring (bicyclic) bond motifs is 1. The molecule has 0 unspecified atom stereocenters. The highest BCUT2D eigenvalue weighted by Gasteiger charge is 2.16. The summed E-state index contributed by atoms with van der Waals surface area (Å²) in [5.41, 5.74) is 0.537. The minimum Gasteiger partial charge on any atom is -0.490 e. The van der Waals surface area contributed by atoms with Gasteiger partial charge in [0.2, 0.25) is 0 Å². The molecule has 1 aliphatic heterocycles. The lowest BCUT2D eigenvalue weighted by Crippen LogP contribution is -2.29. The van der Waals surface area contributed by atoms with Crippen molar-refractivity contribution < 1.29 is 19.4 Å². The van der Waals surface area contributed by atoms with Crippen LogP contribution >= 0.6 is 0 Å². The molecule has 0 fully saturated rings. The minimum absolute atomic E-state index is 0.0488. The Balaban J connectivity index is 2.19. The van der Waals surface area contributed by atoms with Gasteiger partial charge in [0, 0.05) is 25.6 Å². The van der Waals surface area contributed by atoms with E-state index < -0.39 is 0 Å². The highest BCUT2D eigenvalue weighted by molar-refractivity contribution is 5.94. The summed E-state index contributed by atoms with van der Waals surface area (Å²) in [6.07, 6.45) is 0.836. The topological polar surface area (TPSA) is 59.0 Å². The Morgan fingerprint density at radius 2 is 2.06 bits per heavy atom. The number of carbonyl (C=O) groups is 1. The van der Waals surface area contributed by atoms with Gasteiger partial charge in [-0.3, -0.25) is 4.79 Å². The van der Waals surface area contributed by atoms with Crippen LogP contribution in [0.4, 0.5) is 0 Å². The van der Waals surface area contributed by atoms with Crippen molar-refractivity contribution in [3.8, 4) is 11.5 Å². The summed E-state index contributed by atoms with van der Waals surface area (Å²) in [7, 11) is 1.65. The van der Waals surface area contributed by atoms with Gasteiger partial charge in [-0.05, 0) is 18.2 Å². The van der Waals surface area contributed by atoms with Crippen LogP contribution in [0.15, 0.2) is 18.2 Å². The molecule has 1 amide bonds. The minimum atomic E-state index is -0.139. The quantitative estimate of drug-likeness (QED) is 0.867. The zero-order valence-electron chi connectivity index (χ0n) is 10.4. The molecule has 0 radical (unpaired) electrons. The molecule has 5 heteroatoms. The largest absolute Gasteiger partial charge is 0.490 e. The van der Waals surface area contributed by atoms with E-state index in [2.05, 4.69) is 0 Å². The SMILES string of the molecule is CN(CCO)C(=O)c1ccc2c(c1)OCCCO2. The van der Waals surface area contributed by atoms with Crippen molar-refractivity contribution in [3.63, 3.8) is 0 Å². The molecule has 1 aromatic rings. The number of nitrogens with zero attached hydrogens (tertiary/aromatic N) is 1. The number of likely N-dealkylation sites (N-methyl/N-ethyl adjacent to an activating group) is 1. The normalized spacial score (nSPS) is 13.9. The van der Waals surface area contributed by atoms with Crippen LogP contribution in [0.25, 0.3) is 0 Å². The number of aliphatic hydroxyl groups is 1. The molecule has 0 saturated carbocycles. The Morgan fingerprint density at radius 1 is 1.33 bits per heavy atom. The summed E-state index contributed by atoms with van der Waals surface area (Å²) in [6.45, 7) is 1.49. The number of aliphatic hydroxyl groups excluding tert-OH is 1. The molecule has 1 aliphatic rings. The molecule has 2 rings (SSSR count). The number of amides is 1. The highest BCUT2D eigenvalue weighted by atomic mass is 16.5. The van der Waals surface area contributed by atoms with Gasteiger partial charge in [-0.25, -0.2) is 0 Å². The first kappa shape index (κ1) is 12.7. The van der Waals surface area contributed by atoms with Gasteiger partial charge in [0.15, 0.2) is 11.5 Å². The van der Waals surface area contributed by atoms with E-state index in [-0.39, 0.29) is 12.5 Å². The van der Waals surface area contributed by atoms with Gasteiger partial charge in [0.25, 0.3) is 5.91 Å². The standard InChI is InChI=1S/C13H17NO4/c1-14(5-6-15)13(16)10-3-4-11-12(9-10)18-8-2-7-17-11/h3-4,9,15H,2,5-8H2,1H3. The lowest BCUT2D eigenvalue weighted by atomic mass is 10.2. The Morgan fingerprint density at radius 3 is 2.78 bits per heavy atom. The average molecular weight is 251 g/mol. The van der Waals surface area contributed by atoms with Crippen LogP contribution in [0.3, 0.4) is 0 Å². The molecule has 0 aromatic heterocycles. The van der Waals surface area contributed by atoms with Gasteiger partial charge < -0.3 is 19.5 Å². The van der Waals surface area contributed by atoms with Crippen LogP contribution in [0.2, 0.25) is 0 Å². The van der Waals surface area contributed by atoms with E-state index >= 15 is 0 Å². The fraction of sp³-hybridized carbons (Fsp3) is 0.462. The maximum absolute atomic E-state index is 12.0. The summed E-state index contributed by atoms with van der Waals surface area (Å²) in [4.78, 5) is 13.5. The van der Waals surface area contributed by atoms with Crippen molar-refractivity contribution in [2.45, 2.75) is 6.42 Å². The van der Waals surface area contributed by atoms with Crippen molar-refractivity contribution in [2.75, 3.05) is 33.4 Å². The van der Waals surface area contributed by atoms with Crippen LogP contribution in [0.1, 0.15) is 16.8 Å². The molecule has 0 atom stereocenters. The molecule has 0 saturated heterocycles. The Labute approximate surface area is 106 Å². The number of hydrogen-bond donors (Lipinski definition) is 1. The van der Waals surface area contributed by atoms with Crippen LogP contribution in [-0.4, -0.2) is 49.3 Å². The molecule has 1 N–H and O–H groups in total. The fourth-order valence-electron chi connectivity index (χ4n) is 1.77. The lowest BCUT2D eigenvalue weighted by Gasteiger charge is -2.16. The van der Waals surface area contributed by atoms with Crippen molar-refractivity contribution in [1.82, 2.24) is 4.90 Å². The number of hydrogen-bond acceptors (Lipinski definition) is 4. The third-order valence-corrected chi connectivity index (χ3v) is 2.78. The van der Waals surface area contributed by atoms with E-state index in [0.29, 0.717) is 36.8 Å². The molecule has 0 aliphatic carbocycles. The van der Waals surface area contributed by atoms with Crippen molar-refractivity contribution >= 4 is 5.91 Å². The smallest absolute Gasteiger partial charge is 0.253 e. The molecule has 5 nitrogen and oxygen atoms in total. The second-order valence-corrected chi connectivity index (χ2v) is 4.16. The second-order valence-electron chi connectivity index (χ2n) is 4.16. The van der Waals surface area contributed by atoms with E-state index in [9.17, 15) is 4.79 Å². The van der Waals surface area contributed by atoms with Crippen LogP contribution in [0.5, 0.6) is 11.5 Å². The van der Waals surface area contributed by atoms with Crippen molar-refractivity contribution in [1.29, 1.82) is 0 Å². The average Bonchev–Trinajstić information content (AvgIpc) is 2.62. The molecule has 98 valence electrons. The zero-order valence-corrected chi connectivity index (χ0v) is 10.4.